The highest BCUT2D eigenvalue weighted by Gasteiger charge is 2.34. The lowest BCUT2D eigenvalue weighted by Crippen LogP contribution is -2.52. The molecule has 0 saturated carbocycles. The maximum atomic E-state index is 12.7. The molecule has 7 nitrogen and oxygen atoms in total. The number of halogens is 3. The smallest absolute Gasteiger partial charge is 0.353 e. The molecule has 5 rings (SSSR count). The number of hydrogen-bond donors (Lipinski definition) is 1. The fraction of sp³-hybridized carbons (Fsp3) is 0.357. The van der Waals surface area contributed by atoms with Crippen molar-refractivity contribution in [3.05, 3.63) is 83.6 Å². The van der Waals surface area contributed by atoms with Gasteiger partial charge in [-0.2, -0.15) is 18.3 Å². The molecule has 2 aromatic carbocycles. The normalized spacial score (nSPS) is 16.7. The van der Waals surface area contributed by atoms with Crippen molar-refractivity contribution in [2.45, 2.75) is 31.4 Å². The highest BCUT2D eigenvalue weighted by atomic mass is 19.4. The van der Waals surface area contributed by atoms with E-state index in [-0.39, 0.29) is 24.2 Å². The third-order valence-corrected chi connectivity index (χ3v) is 7.27. The van der Waals surface area contributed by atoms with E-state index in [4.69, 9.17) is 0 Å². The van der Waals surface area contributed by atoms with Crippen molar-refractivity contribution in [2.75, 3.05) is 36.4 Å². The van der Waals surface area contributed by atoms with Crippen LogP contribution in [-0.2, 0) is 22.2 Å². The maximum Gasteiger partial charge on any atom is 0.416 e. The van der Waals surface area contributed by atoms with E-state index in [2.05, 4.69) is 15.5 Å². The van der Waals surface area contributed by atoms with Crippen molar-refractivity contribution in [3.8, 4) is 0 Å². The quantitative estimate of drug-likeness (QED) is 0.514. The van der Waals surface area contributed by atoms with Crippen LogP contribution < -0.4 is 10.2 Å². The minimum absolute atomic E-state index is 0.0160. The van der Waals surface area contributed by atoms with Gasteiger partial charge in [0.2, 0.25) is 11.8 Å². The number of benzene rings is 2. The molecular weight excluding hydrogens is 495 g/mol. The molecule has 1 N–H and O–H groups in total. The van der Waals surface area contributed by atoms with Crippen LogP contribution in [0, 0.1) is 5.92 Å². The van der Waals surface area contributed by atoms with Crippen molar-refractivity contribution in [1.29, 1.82) is 0 Å². The third kappa shape index (κ3) is 5.95. The predicted octanol–water partition coefficient (Wildman–Crippen LogP) is 4.52. The van der Waals surface area contributed by atoms with Crippen LogP contribution in [0.15, 0.2) is 66.9 Å². The molecule has 0 atom stereocenters. The summed E-state index contributed by atoms with van der Waals surface area (Å²) in [6, 6.07) is 16.3. The van der Waals surface area contributed by atoms with Crippen LogP contribution in [0.5, 0.6) is 0 Å². The van der Waals surface area contributed by atoms with Gasteiger partial charge in [-0.3, -0.25) is 9.59 Å². The monoisotopic (exact) mass is 523 g/mol. The summed E-state index contributed by atoms with van der Waals surface area (Å²) >= 11 is 0. The lowest BCUT2D eigenvalue weighted by molar-refractivity contribution is -0.137. The summed E-state index contributed by atoms with van der Waals surface area (Å²) in [4.78, 5) is 29.1. The predicted molar refractivity (Wildman–Crippen MR) is 137 cm³/mol. The summed E-state index contributed by atoms with van der Waals surface area (Å²) in [6.45, 7) is 2.43. The first-order valence-corrected chi connectivity index (χ1v) is 12.6. The molecule has 0 unspecified atom stereocenters. The molecule has 2 amide bonds. The van der Waals surface area contributed by atoms with Crippen LogP contribution in [0.4, 0.5) is 24.7 Å². The number of carbonyl (C=O) groups excluding carboxylic acids is 2. The largest absolute Gasteiger partial charge is 0.416 e. The van der Waals surface area contributed by atoms with Gasteiger partial charge in [-0.25, -0.2) is 0 Å². The zero-order chi connectivity index (χ0) is 26.7. The minimum atomic E-state index is -4.38. The molecule has 2 fully saturated rings. The molecule has 0 spiro atoms. The lowest BCUT2D eigenvalue weighted by Gasteiger charge is -2.38. The van der Waals surface area contributed by atoms with Gasteiger partial charge >= 0.3 is 6.18 Å². The number of likely N-dealkylation sites (tertiary alicyclic amines) is 1. The molecule has 1 aromatic heterocycles. The van der Waals surface area contributed by atoms with Gasteiger partial charge in [0, 0.05) is 38.1 Å². The van der Waals surface area contributed by atoms with Crippen LogP contribution in [0.25, 0.3) is 0 Å². The maximum absolute atomic E-state index is 12.7. The van der Waals surface area contributed by atoms with E-state index in [1.165, 1.54) is 12.1 Å². The molecule has 3 heterocycles. The number of hydrogen-bond acceptors (Lipinski definition) is 5. The van der Waals surface area contributed by atoms with Gasteiger partial charge in [-0.05, 0) is 66.3 Å². The Morgan fingerprint density at radius 1 is 0.947 bits per heavy atom. The van der Waals surface area contributed by atoms with Crippen LogP contribution in [0.1, 0.15) is 35.4 Å². The summed E-state index contributed by atoms with van der Waals surface area (Å²) in [6.07, 6.45) is -1.05. The van der Waals surface area contributed by atoms with Gasteiger partial charge in [0.25, 0.3) is 0 Å². The van der Waals surface area contributed by atoms with Crippen molar-refractivity contribution < 1.29 is 22.8 Å². The lowest BCUT2D eigenvalue weighted by atomic mass is 9.89. The first-order valence-electron chi connectivity index (χ1n) is 12.6. The average molecular weight is 524 g/mol. The highest BCUT2D eigenvalue weighted by Crippen LogP contribution is 2.31. The Morgan fingerprint density at radius 3 is 2.24 bits per heavy atom. The van der Waals surface area contributed by atoms with Gasteiger partial charge < -0.3 is 15.1 Å². The van der Waals surface area contributed by atoms with Gasteiger partial charge in [0.1, 0.15) is 0 Å². The van der Waals surface area contributed by atoms with Crippen molar-refractivity contribution in [1.82, 2.24) is 15.1 Å². The summed E-state index contributed by atoms with van der Waals surface area (Å²) in [5, 5.41) is 10.9. The number of nitrogens with zero attached hydrogens (tertiary/aromatic N) is 4. The second-order valence-corrected chi connectivity index (χ2v) is 9.82. The molecule has 2 saturated heterocycles. The van der Waals surface area contributed by atoms with Crippen LogP contribution in [0.3, 0.4) is 0 Å². The fourth-order valence-electron chi connectivity index (χ4n) is 4.94. The Labute approximate surface area is 218 Å². The van der Waals surface area contributed by atoms with E-state index in [9.17, 15) is 22.8 Å². The van der Waals surface area contributed by atoms with Gasteiger partial charge in [-0.15, -0.1) is 5.10 Å². The van der Waals surface area contributed by atoms with Gasteiger partial charge in [0.05, 0.1) is 17.9 Å². The van der Waals surface area contributed by atoms with E-state index in [1.807, 2.05) is 41.3 Å². The first kappa shape index (κ1) is 25.7. The number of alkyl halides is 3. The van der Waals surface area contributed by atoms with Crippen molar-refractivity contribution in [2.24, 2.45) is 5.92 Å². The SMILES string of the molecule is O=C(Nc1ccc(C2CCN(C(=O)Cc3ccc(C(F)(F)F)cc3)CC2)cc1)C1CN(c2cccnn2)C1. The molecule has 0 bridgehead atoms. The van der Waals surface area contributed by atoms with E-state index >= 15 is 0 Å². The summed E-state index contributed by atoms with van der Waals surface area (Å²) < 4.78 is 38.2. The van der Waals surface area contributed by atoms with Crippen LogP contribution in [-0.4, -0.2) is 53.1 Å². The molecule has 3 aromatic rings. The minimum Gasteiger partial charge on any atom is -0.353 e. The van der Waals surface area contributed by atoms with E-state index in [0.717, 1.165) is 42.0 Å². The third-order valence-electron chi connectivity index (χ3n) is 7.27. The first-order chi connectivity index (χ1) is 18.3. The number of carbonyl (C=O) groups is 2. The van der Waals surface area contributed by atoms with E-state index in [0.29, 0.717) is 37.7 Å². The van der Waals surface area contributed by atoms with Gasteiger partial charge in [0.15, 0.2) is 5.82 Å². The standard InChI is InChI=1S/C28H28F3N5O2/c29-28(30,31)23-7-3-19(4-8-23)16-26(37)35-14-11-21(12-15-35)20-5-9-24(10-6-20)33-27(38)22-17-36(18-22)25-2-1-13-32-34-25/h1-10,13,21-22H,11-12,14-18H2,(H,33,38). The summed E-state index contributed by atoms with van der Waals surface area (Å²) in [5.41, 5.74) is 1.77. The number of amides is 2. The van der Waals surface area contributed by atoms with E-state index in [1.54, 1.807) is 11.1 Å². The Hall–Kier alpha value is -3.95. The zero-order valence-electron chi connectivity index (χ0n) is 20.7. The topological polar surface area (TPSA) is 78.4 Å². The number of rotatable bonds is 6. The van der Waals surface area contributed by atoms with Gasteiger partial charge in [-0.1, -0.05) is 24.3 Å². The Morgan fingerprint density at radius 2 is 1.63 bits per heavy atom. The second kappa shape index (κ2) is 10.8. The molecule has 38 heavy (non-hydrogen) atoms. The fourth-order valence-corrected chi connectivity index (χ4v) is 4.94. The molecule has 198 valence electrons. The number of piperidine rings is 1. The summed E-state index contributed by atoms with van der Waals surface area (Å²) in [7, 11) is 0. The average Bonchev–Trinajstić information content (AvgIpc) is 2.89. The highest BCUT2D eigenvalue weighted by molar-refractivity contribution is 5.94. The Kier molecular flexibility index (Phi) is 7.31. The van der Waals surface area contributed by atoms with E-state index < -0.39 is 11.7 Å². The van der Waals surface area contributed by atoms with Crippen molar-refractivity contribution >= 4 is 23.3 Å². The number of nitrogens with one attached hydrogen (secondary N) is 1. The summed E-state index contributed by atoms with van der Waals surface area (Å²) in [5.74, 6) is 0.893. The van der Waals surface area contributed by atoms with Crippen molar-refractivity contribution in [3.63, 3.8) is 0 Å². The molecular formula is C28H28F3N5O2. The molecule has 2 aliphatic heterocycles. The number of aromatic nitrogens is 2. The van der Waals surface area contributed by atoms with Crippen LogP contribution in [0.2, 0.25) is 0 Å². The number of anilines is 2. The molecule has 0 aliphatic carbocycles. The Bertz CT molecular complexity index is 1250. The molecule has 2 aliphatic rings. The van der Waals surface area contributed by atoms with Crippen LogP contribution >= 0.6 is 0 Å². The molecule has 10 heteroatoms. The zero-order valence-corrected chi connectivity index (χ0v) is 20.7. The second-order valence-electron chi connectivity index (χ2n) is 9.82. The molecule has 0 radical (unpaired) electrons. The Balaban J connectivity index is 1.07.